The van der Waals surface area contributed by atoms with Gasteiger partial charge in [0.15, 0.2) is 15.8 Å². The minimum atomic E-state index is -4.35. The Balaban J connectivity index is 0.00000218. The van der Waals surface area contributed by atoms with E-state index >= 15 is 0 Å². The summed E-state index contributed by atoms with van der Waals surface area (Å²) in [4.78, 5) is 12.5. The smallest absolute Gasteiger partial charge is 0.289 e. The van der Waals surface area contributed by atoms with Gasteiger partial charge in [-0.25, -0.2) is 9.69 Å². The van der Waals surface area contributed by atoms with Crippen molar-refractivity contribution in [3.63, 3.8) is 0 Å². The van der Waals surface area contributed by atoms with Gasteiger partial charge in [-0.15, -0.1) is 11.8 Å². The van der Waals surface area contributed by atoms with Crippen LogP contribution in [0, 0.1) is 0 Å². The Labute approximate surface area is 182 Å². The van der Waals surface area contributed by atoms with E-state index < -0.39 is 33.5 Å². The second-order valence-electron chi connectivity index (χ2n) is 6.60. The van der Waals surface area contributed by atoms with Crippen LogP contribution in [0.1, 0.15) is 52.5 Å². The molecule has 0 aliphatic carbocycles. The van der Waals surface area contributed by atoms with Gasteiger partial charge in [0, 0.05) is 23.2 Å². The van der Waals surface area contributed by atoms with E-state index in [1.54, 1.807) is 6.92 Å². The Bertz CT molecular complexity index is 696. The van der Waals surface area contributed by atoms with Crippen molar-refractivity contribution in [1.29, 1.82) is 0 Å². The first-order valence-electron chi connectivity index (χ1n) is 9.74. The fraction of sp³-hybridized carbons (Fsp3) is 0.632. The predicted molar refractivity (Wildman–Crippen MR) is 111 cm³/mol. The molecule has 6 nitrogen and oxygen atoms in total. The summed E-state index contributed by atoms with van der Waals surface area (Å²) in [7, 11) is 0. The number of carbonyl (C=O) groups is 1. The maximum atomic E-state index is 12.6. The highest BCUT2D eigenvalue weighted by Crippen LogP contribution is 2.34. The van der Waals surface area contributed by atoms with E-state index in [4.69, 9.17) is 9.49 Å². The Morgan fingerprint density at radius 1 is 1.27 bits per heavy atom. The molecule has 1 aromatic carbocycles. The van der Waals surface area contributed by atoms with E-state index in [1.165, 1.54) is 41.4 Å². The van der Waals surface area contributed by atoms with Crippen LogP contribution >= 0.6 is 11.8 Å². The van der Waals surface area contributed by atoms with Gasteiger partial charge in [-0.1, -0.05) is 20.8 Å². The molecule has 1 fully saturated rings. The summed E-state index contributed by atoms with van der Waals surface area (Å²) in [5.41, 5.74) is 0.845. The zero-order chi connectivity index (χ0) is 22.9. The maximum absolute atomic E-state index is 12.6. The minimum Gasteiger partial charge on any atom is -0.289 e. The minimum absolute atomic E-state index is 0.198. The van der Waals surface area contributed by atoms with Gasteiger partial charge >= 0.3 is 6.18 Å². The molecule has 172 valence electrons. The number of carbonyl (C=O) groups excluding carboxylic acids is 1. The number of hydrogen-bond donors (Lipinski definition) is 2. The first kappa shape index (κ1) is 26.9. The Morgan fingerprint density at radius 2 is 1.80 bits per heavy atom. The van der Waals surface area contributed by atoms with Gasteiger partial charge in [0.2, 0.25) is 0 Å². The lowest BCUT2D eigenvalue weighted by Crippen LogP contribution is -2.49. The molecule has 1 aromatic rings. The van der Waals surface area contributed by atoms with Gasteiger partial charge in [0.1, 0.15) is 0 Å². The molecular formula is C19H29F3N2O4S2. The topological polar surface area (TPSA) is 78.9 Å². The average molecular weight is 471 g/mol. The number of piperidine rings is 1. The molecule has 0 bridgehead atoms. The molecule has 2 unspecified atom stereocenters. The number of halogens is 3. The quantitative estimate of drug-likeness (QED) is 0.449. The van der Waals surface area contributed by atoms with Crippen LogP contribution in [0.5, 0.6) is 0 Å². The van der Waals surface area contributed by atoms with Crippen molar-refractivity contribution in [1.82, 2.24) is 10.5 Å². The summed E-state index contributed by atoms with van der Waals surface area (Å²) in [5, 5.41) is 10.5. The van der Waals surface area contributed by atoms with E-state index in [0.717, 1.165) is 17.0 Å². The van der Waals surface area contributed by atoms with Crippen LogP contribution in [0.25, 0.3) is 0 Å². The SMILES string of the molecule is CC.CCC(C)(C(=O)NO)S(=O)ON1CCC(Sc2ccc(C(F)(F)F)cc2)CC1. The Kier molecular flexibility index (Phi) is 10.8. The molecule has 1 aliphatic heterocycles. The van der Waals surface area contributed by atoms with Gasteiger partial charge in [-0.2, -0.15) is 22.5 Å². The molecule has 0 saturated carbocycles. The molecule has 2 rings (SSSR count). The third-order valence-corrected chi connectivity index (χ3v) is 7.59. The molecule has 0 aromatic heterocycles. The first-order valence-corrected chi connectivity index (χ1v) is 11.7. The highest BCUT2D eigenvalue weighted by Gasteiger charge is 2.41. The van der Waals surface area contributed by atoms with Crippen molar-refractivity contribution in [2.24, 2.45) is 0 Å². The summed E-state index contributed by atoms with van der Waals surface area (Å²) >= 11 is -0.470. The van der Waals surface area contributed by atoms with Gasteiger partial charge < -0.3 is 0 Å². The van der Waals surface area contributed by atoms with Crippen LogP contribution in [-0.4, -0.2) is 43.5 Å². The van der Waals surface area contributed by atoms with Crippen LogP contribution in [0.2, 0.25) is 0 Å². The van der Waals surface area contributed by atoms with E-state index in [1.807, 2.05) is 13.8 Å². The van der Waals surface area contributed by atoms with Crippen molar-refractivity contribution in [2.45, 2.75) is 68.0 Å². The third kappa shape index (κ3) is 7.23. The number of hydrogen-bond acceptors (Lipinski definition) is 6. The zero-order valence-corrected chi connectivity index (χ0v) is 19.1. The van der Waals surface area contributed by atoms with E-state index in [9.17, 15) is 22.2 Å². The van der Waals surface area contributed by atoms with Crippen LogP contribution in [0.15, 0.2) is 29.2 Å². The Morgan fingerprint density at radius 3 is 2.23 bits per heavy atom. The van der Waals surface area contributed by atoms with Gasteiger partial charge in [0.05, 0.1) is 5.56 Å². The van der Waals surface area contributed by atoms with Crippen molar-refractivity contribution in [2.75, 3.05) is 13.1 Å². The molecule has 11 heteroatoms. The normalized spacial score (nSPS) is 18.7. The molecule has 2 atom stereocenters. The second kappa shape index (κ2) is 12.0. The van der Waals surface area contributed by atoms with Crippen molar-refractivity contribution in [3.8, 4) is 0 Å². The number of nitrogens with one attached hydrogen (secondary N) is 1. The fourth-order valence-electron chi connectivity index (χ4n) is 2.59. The maximum Gasteiger partial charge on any atom is 0.416 e. The highest BCUT2D eigenvalue weighted by atomic mass is 32.2. The van der Waals surface area contributed by atoms with Gasteiger partial charge in [-0.05, 0) is 50.5 Å². The number of nitrogens with zero attached hydrogens (tertiary/aromatic N) is 1. The molecule has 1 amide bonds. The molecule has 0 radical (unpaired) electrons. The molecule has 0 spiro atoms. The van der Waals surface area contributed by atoms with Crippen LogP contribution in [0.4, 0.5) is 13.2 Å². The Hall–Kier alpha value is -1.14. The second-order valence-corrected chi connectivity index (χ2v) is 9.50. The zero-order valence-electron chi connectivity index (χ0n) is 17.5. The number of benzene rings is 1. The number of hydroxylamine groups is 3. The molecular weight excluding hydrogens is 441 g/mol. The van der Waals surface area contributed by atoms with E-state index in [2.05, 4.69) is 0 Å². The number of rotatable bonds is 7. The van der Waals surface area contributed by atoms with Crippen LogP contribution in [-0.2, 0) is 26.3 Å². The van der Waals surface area contributed by atoms with Crippen LogP contribution in [0.3, 0.4) is 0 Å². The number of amides is 1. The summed E-state index contributed by atoms with van der Waals surface area (Å²) in [5.74, 6) is -0.777. The first-order chi connectivity index (χ1) is 14.1. The van der Waals surface area contributed by atoms with Gasteiger partial charge in [-0.3, -0.25) is 10.0 Å². The number of thioether (sulfide) groups is 1. The summed E-state index contributed by atoms with van der Waals surface area (Å²) in [6.07, 6.45) is -2.75. The summed E-state index contributed by atoms with van der Waals surface area (Å²) < 4.78 is 54.3. The largest absolute Gasteiger partial charge is 0.416 e. The van der Waals surface area contributed by atoms with E-state index in [-0.39, 0.29) is 11.7 Å². The van der Waals surface area contributed by atoms with Crippen molar-refractivity contribution in [3.05, 3.63) is 29.8 Å². The monoisotopic (exact) mass is 470 g/mol. The van der Waals surface area contributed by atoms with Crippen molar-refractivity contribution < 1.29 is 31.7 Å². The highest BCUT2D eigenvalue weighted by molar-refractivity contribution is 8.00. The third-order valence-electron chi connectivity index (χ3n) is 4.68. The average Bonchev–Trinajstić information content (AvgIpc) is 2.75. The molecule has 2 N–H and O–H groups in total. The lowest BCUT2D eigenvalue weighted by Gasteiger charge is -2.32. The van der Waals surface area contributed by atoms with Crippen LogP contribution < -0.4 is 5.48 Å². The molecule has 1 heterocycles. The molecule has 1 aliphatic rings. The lowest BCUT2D eigenvalue weighted by atomic mass is 10.1. The van der Waals surface area contributed by atoms with E-state index in [0.29, 0.717) is 25.9 Å². The fourth-order valence-corrected chi connectivity index (χ4v) is 4.65. The standard InChI is InChI=1S/C17H23F3N2O4S2.C2H6/c1-3-16(2,15(23)21-24)28(25)26-22-10-8-14(9-11-22)27-13-6-4-12(5-7-13)17(18,19)20;1-2/h4-7,14,24H,3,8-11H2,1-2H3,(H,21,23);1-2H3. The molecule has 30 heavy (non-hydrogen) atoms. The summed E-state index contributed by atoms with van der Waals surface area (Å²) in [6.45, 7) is 8.07. The number of alkyl halides is 3. The van der Waals surface area contributed by atoms with Crippen molar-refractivity contribution >= 4 is 28.7 Å². The molecule has 1 saturated heterocycles. The lowest BCUT2D eigenvalue weighted by molar-refractivity contribution is -0.137. The summed E-state index contributed by atoms with van der Waals surface area (Å²) in [6, 6.07) is 5.07. The predicted octanol–water partition coefficient (Wildman–Crippen LogP) is 4.56. The van der Waals surface area contributed by atoms with Gasteiger partial charge in [0.25, 0.3) is 5.91 Å².